The molecule has 1 saturated carbocycles. The maximum Gasteiger partial charge on any atom is 0.223 e. The lowest BCUT2D eigenvalue weighted by Crippen LogP contribution is -2.29. The molecule has 6 nitrogen and oxygen atoms in total. The highest BCUT2D eigenvalue weighted by Gasteiger charge is 2.31. The highest BCUT2D eigenvalue weighted by molar-refractivity contribution is 5.81. The zero-order valence-electron chi connectivity index (χ0n) is 19.7. The van der Waals surface area contributed by atoms with Crippen molar-refractivity contribution in [2.24, 2.45) is 5.92 Å². The van der Waals surface area contributed by atoms with Crippen molar-refractivity contribution in [3.63, 3.8) is 0 Å². The fourth-order valence-electron chi connectivity index (χ4n) is 4.05. The van der Waals surface area contributed by atoms with E-state index in [0.29, 0.717) is 6.61 Å². The number of fused-ring (bicyclic) bond motifs is 1. The molecular weight excluding hydrogens is 414 g/mol. The number of nitrogens with zero attached hydrogens (tertiary/aromatic N) is 2. The topological polar surface area (TPSA) is 65.4 Å². The zero-order chi connectivity index (χ0) is 23.2. The number of para-hydroxylation sites is 2. The number of hydrogen-bond acceptors (Lipinski definition) is 4. The third kappa shape index (κ3) is 5.56. The summed E-state index contributed by atoms with van der Waals surface area (Å²) in [5, 5.41) is 3.14. The Labute approximate surface area is 195 Å². The molecular formula is C27H33N3O3. The van der Waals surface area contributed by atoms with Gasteiger partial charge >= 0.3 is 0 Å². The summed E-state index contributed by atoms with van der Waals surface area (Å²) in [7, 11) is 1.66. The van der Waals surface area contributed by atoms with Crippen LogP contribution in [0.5, 0.6) is 11.5 Å². The second-order valence-corrected chi connectivity index (χ2v) is 8.58. The van der Waals surface area contributed by atoms with Gasteiger partial charge in [0.15, 0.2) is 11.5 Å². The van der Waals surface area contributed by atoms with Crippen LogP contribution in [0.1, 0.15) is 57.0 Å². The molecule has 1 aliphatic rings. The molecule has 0 bridgehead atoms. The van der Waals surface area contributed by atoms with E-state index in [1.165, 1.54) is 0 Å². The minimum absolute atomic E-state index is 0.123. The molecule has 0 aliphatic heterocycles. The van der Waals surface area contributed by atoms with E-state index in [4.69, 9.17) is 14.5 Å². The average molecular weight is 448 g/mol. The molecule has 0 saturated heterocycles. The average Bonchev–Trinajstić information content (AvgIpc) is 3.61. The van der Waals surface area contributed by atoms with Crippen molar-refractivity contribution in [3.8, 4) is 11.5 Å². The maximum atomic E-state index is 12.3. The van der Waals surface area contributed by atoms with Gasteiger partial charge in [-0.05, 0) is 69.4 Å². The molecule has 174 valence electrons. The first-order valence-electron chi connectivity index (χ1n) is 11.8. The monoisotopic (exact) mass is 447 g/mol. The summed E-state index contributed by atoms with van der Waals surface area (Å²) >= 11 is 0. The summed E-state index contributed by atoms with van der Waals surface area (Å²) < 4.78 is 13.7. The Morgan fingerprint density at radius 3 is 2.79 bits per heavy atom. The quantitative estimate of drug-likeness (QED) is 0.393. The standard InChI is InChI=1S/C27H33N3O3/c1-4-9-20-12-15-24(25(18-20)32-3)33-17-8-7-16-30-23-11-6-5-10-22(23)29-26(30)19(2)28-27(31)21-13-14-21/h4-6,9-12,15,18-19,21H,7-8,13-14,16-17H2,1-3H3,(H,28,31)/b9-4+. The molecule has 2 aromatic carbocycles. The Morgan fingerprint density at radius 2 is 2.03 bits per heavy atom. The molecule has 33 heavy (non-hydrogen) atoms. The van der Waals surface area contributed by atoms with Crippen LogP contribution in [0.15, 0.2) is 48.5 Å². The third-order valence-corrected chi connectivity index (χ3v) is 5.96. The number of nitrogens with one attached hydrogen (secondary N) is 1. The number of aryl methyl sites for hydroxylation is 1. The summed E-state index contributed by atoms with van der Waals surface area (Å²) in [6, 6.07) is 14.0. The molecule has 4 rings (SSSR count). The summed E-state index contributed by atoms with van der Waals surface area (Å²) in [6.07, 6.45) is 7.87. The van der Waals surface area contributed by atoms with E-state index >= 15 is 0 Å². The molecule has 1 N–H and O–H groups in total. The highest BCUT2D eigenvalue weighted by atomic mass is 16.5. The first kappa shape index (κ1) is 22.9. The Morgan fingerprint density at radius 1 is 1.21 bits per heavy atom. The van der Waals surface area contributed by atoms with E-state index in [-0.39, 0.29) is 17.9 Å². The zero-order valence-corrected chi connectivity index (χ0v) is 19.7. The molecule has 0 spiro atoms. The van der Waals surface area contributed by atoms with E-state index in [0.717, 1.165) is 66.1 Å². The van der Waals surface area contributed by atoms with Gasteiger partial charge in [-0.3, -0.25) is 4.79 Å². The minimum atomic E-state index is -0.123. The molecule has 1 amide bonds. The number of allylic oxidation sites excluding steroid dienone is 1. The molecule has 0 radical (unpaired) electrons. The van der Waals surface area contributed by atoms with Crippen LogP contribution in [0.25, 0.3) is 17.1 Å². The summed E-state index contributed by atoms with van der Waals surface area (Å²) in [5.41, 5.74) is 3.15. The second kappa shape index (κ2) is 10.6. The van der Waals surface area contributed by atoms with Crippen LogP contribution >= 0.6 is 0 Å². The second-order valence-electron chi connectivity index (χ2n) is 8.58. The van der Waals surface area contributed by atoms with Gasteiger partial charge in [0, 0.05) is 12.5 Å². The molecule has 6 heteroatoms. The fraction of sp³-hybridized carbons (Fsp3) is 0.407. The van der Waals surface area contributed by atoms with E-state index in [2.05, 4.69) is 16.0 Å². The SMILES string of the molecule is C/C=C/c1ccc(OCCCCn2c(C(C)NC(=O)C3CC3)nc3ccccc32)c(OC)c1. The number of methoxy groups -OCH3 is 1. The van der Waals surface area contributed by atoms with E-state index < -0.39 is 0 Å². The van der Waals surface area contributed by atoms with Crippen LogP contribution in [0.4, 0.5) is 0 Å². The first-order valence-corrected chi connectivity index (χ1v) is 11.8. The van der Waals surface area contributed by atoms with Crippen molar-refractivity contribution < 1.29 is 14.3 Å². The molecule has 1 aliphatic carbocycles. The van der Waals surface area contributed by atoms with Crippen LogP contribution in [-0.4, -0.2) is 29.2 Å². The van der Waals surface area contributed by atoms with E-state index in [9.17, 15) is 4.79 Å². The predicted octanol–water partition coefficient (Wildman–Crippen LogP) is 5.52. The third-order valence-electron chi connectivity index (χ3n) is 5.96. The Bertz CT molecular complexity index is 1130. The Kier molecular flexibility index (Phi) is 7.33. The van der Waals surface area contributed by atoms with Crippen molar-refractivity contribution in [3.05, 3.63) is 59.9 Å². The lowest BCUT2D eigenvalue weighted by molar-refractivity contribution is -0.123. The molecule has 3 aromatic rings. The number of imidazole rings is 1. The van der Waals surface area contributed by atoms with E-state index in [1.54, 1.807) is 7.11 Å². The van der Waals surface area contributed by atoms with Crippen LogP contribution in [0.2, 0.25) is 0 Å². The maximum absolute atomic E-state index is 12.3. The van der Waals surface area contributed by atoms with Crippen molar-refractivity contribution in [2.45, 2.75) is 52.1 Å². The minimum Gasteiger partial charge on any atom is -0.493 e. The Balaban J connectivity index is 1.37. The first-order chi connectivity index (χ1) is 16.1. The largest absolute Gasteiger partial charge is 0.493 e. The van der Waals surface area contributed by atoms with Crippen LogP contribution in [0, 0.1) is 5.92 Å². The molecule has 1 aromatic heterocycles. The number of ether oxygens (including phenoxy) is 2. The van der Waals surface area contributed by atoms with Gasteiger partial charge in [0.1, 0.15) is 5.82 Å². The predicted molar refractivity (Wildman–Crippen MR) is 131 cm³/mol. The van der Waals surface area contributed by atoms with Gasteiger partial charge < -0.3 is 19.4 Å². The van der Waals surface area contributed by atoms with Gasteiger partial charge in [0.25, 0.3) is 0 Å². The summed E-state index contributed by atoms with van der Waals surface area (Å²) in [5.74, 6) is 2.74. The number of hydrogen-bond donors (Lipinski definition) is 1. The fourth-order valence-corrected chi connectivity index (χ4v) is 4.05. The van der Waals surface area contributed by atoms with Crippen molar-refractivity contribution in [1.29, 1.82) is 0 Å². The van der Waals surface area contributed by atoms with Gasteiger partial charge in [-0.15, -0.1) is 0 Å². The van der Waals surface area contributed by atoms with E-state index in [1.807, 2.05) is 62.4 Å². The molecule has 1 atom stereocenters. The number of carbonyl (C=O) groups is 1. The normalized spacial score (nSPS) is 14.5. The van der Waals surface area contributed by atoms with Crippen LogP contribution in [-0.2, 0) is 11.3 Å². The van der Waals surface area contributed by atoms with Gasteiger partial charge in [-0.1, -0.05) is 30.4 Å². The lowest BCUT2D eigenvalue weighted by atomic mass is 10.2. The smallest absolute Gasteiger partial charge is 0.223 e. The number of benzene rings is 2. The number of carbonyl (C=O) groups excluding carboxylic acids is 1. The van der Waals surface area contributed by atoms with Crippen molar-refractivity contribution in [1.82, 2.24) is 14.9 Å². The molecule has 1 fully saturated rings. The number of unbranched alkanes of at least 4 members (excludes halogenated alkanes) is 1. The highest BCUT2D eigenvalue weighted by Crippen LogP contribution is 2.31. The number of aromatic nitrogens is 2. The van der Waals surface area contributed by atoms with Crippen LogP contribution in [0.3, 0.4) is 0 Å². The summed E-state index contributed by atoms with van der Waals surface area (Å²) in [6.45, 7) is 5.44. The van der Waals surface area contributed by atoms with Crippen molar-refractivity contribution in [2.75, 3.05) is 13.7 Å². The van der Waals surface area contributed by atoms with Gasteiger partial charge in [0.2, 0.25) is 5.91 Å². The number of amides is 1. The van der Waals surface area contributed by atoms with Gasteiger partial charge in [0.05, 0.1) is 30.8 Å². The Hall–Kier alpha value is -3.28. The molecule has 1 heterocycles. The van der Waals surface area contributed by atoms with Gasteiger partial charge in [-0.25, -0.2) is 4.98 Å². The number of rotatable bonds is 11. The van der Waals surface area contributed by atoms with Crippen molar-refractivity contribution >= 4 is 23.0 Å². The van der Waals surface area contributed by atoms with Gasteiger partial charge in [-0.2, -0.15) is 0 Å². The van der Waals surface area contributed by atoms with Crippen LogP contribution < -0.4 is 14.8 Å². The molecule has 1 unspecified atom stereocenters. The summed E-state index contributed by atoms with van der Waals surface area (Å²) in [4.78, 5) is 17.1. The lowest BCUT2D eigenvalue weighted by Gasteiger charge is -2.16.